The Morgan fingerprint density at radius 1 is 0.853 bits per heavy atom. The van der Waals surface area contributed by atoms with Gasteiger partial charge in [0.1, 0.15) is 5.69 Å². The van der Waals surface area contributed by atoms with Crippen LogP contribution in [0.4, 0.5) is 0 Å². The molecule has 1 aliphatic rings. The normalized spacial score (nSPS) is 13.8. The highest BCUT2D eigenvalue weighted by Gasteiger charge is 2.19. The first-order valence-electron chi connectivity index (χ1n) is 11.4. The number of aromatic amines is 2. The molecular formula is C27H23N7. The van der Waals surface area contributed by atoms with Crippen LogP contribution in [0.5, 0.6) is 0 Å². The van der Waals surface area contributed by atoms with Crippen LogP contribution in [0, 0.1) is 0 Å². The molecule has 0 radical (unpaired) electrons. The fourth-order valence-electron chi connectivity index (χ4n) is 5.09. The molecule has 0 atom stereocenters. The molecule has 4 heterocycles. The molecule has 7 rings (SSSR count). The minimum absolute atomic E-state index is 0.764. The van der Waals surface area contributed by atoms with Crippen molar-refractivity contribution in [2.45, 2.75) is 13.1 Å². The number of H-pyrrole nitrogens is 2. The highest BCUT2D eigenvalue weighted by atomic mass is 15.3. The summed E-state index contributed by atoms with van der Waals surface area (Å²) in [4.78, 5) is 10.9. The van der Waals surface area contributed by atoms with Crippen molar-refractivity contribution >= 4 is 21.9 Å². The molecule has 2 N–H and O–H groups in total. The zero-order chi connectivity index (χ0) is 22.8. The second-order valence-corrected chi connectivity index (χ2v) is 9.12. The number of rotatable bonds is 0. The first kappa shape index (κ1) is 19.3. The van der Waals surface area contributed by atoms with Crippen molar-refractivity contribution in [3.63, 3.8) is 0 Å². The van der Waals surface area contributed by atoms with Crippen LogP contribution in [0.3, 0.4) is 0 Å². The zero-order valence-corrected chi connectivity index (χ0v) is 19.0. The summed E-state index contributed by atoms with van der Waals surface area (Å²) in [6.07, 6.45) is 1.96. The van der Waals surface area contributed by atoms with Gasteiger partial charge in [-0.2, -0.15) is 10.2 Å². The lowest BCUT2D eigenvalue weighted by Gasteiger charge is -2.19. The summed E-state index contributed by atoms with van der Waals surface area (Å²) in [6.45, 7) is 1.63. The fraction of sp³-hybridized carbons (Fsp3) is 0.148. The Hall–Kier alpha value is -4.23. The topological polar surface area (TPSA) is 78.4 Å². The van der Waals surface area contributed by atoms with Gasteiger partial charge in [-0.25, -0.2) is 4.98 Å². The van der Waals surface area contributed by atoms with E-state index in [0.29, 0.717) is 0 Å². The highest BCUT2D eigenvalue weighted by Crippen LogP contribution is 2.34. The predicted molar refractivity (Wildman–Crippen MR) is 134 cm³/mol. The molecule has 166 valence electrons. The van der Waals surface area contributed by atoms with Crippen LogP contribution in [0.2, 0.25) is 0 Å². The number of nitrogens with one attached hydrogen (secondary N) is 2. The van der Waals surface area contributed by atoms with Gasteiger partial charge in [0.2, 0.25) is 0 Å². The Bertz CT molecular complexity index is 1700. The first-order valence-corrected chi connectivity index (χ1v) is 11.4. The second kappa shape index (κ2) is 7.13. The van der Waals surface area contributed by atoms with Crippen molar-refractivity contribution in [3.05, 3.63) is 78.1 Å². The van der Waals surface area contributed by atoms with Gasteiger partial charge in [0.05, 0.1) is 28.4 Å². The van der Waals surface area contributed by atoms with Crippen molar-refractivity contribution in [2.24, 2.45) is 7.05 Å². The molecule has 0 spiro atoms. The van der Waals surface area contributed by atoms with E-state index in [1.54, 1.807) is 0 Å². The van der Waals surface area contributed by atoms with Crippen LogP contribution >= 0.6 is 0 Å². The number of aryl methyl sites for hydroxylation is 1. The van der Waals surface area contributed by atoms with Gasteiger partial charge in [-0.3, -0.25) is 14.7 Å². The molecule has 7 heteroatoms. The van der Waals surface area contributed by atoms with Crippen LogP contribution < -0.4 is 0 Å². The third-order valence-electron chi connectivity index (χ3n) is 6.78. The number of para-hydroxylation sites is 1. The summed E-state index contributed by atoms with van der Waals surface area (Å²) in [5.41, 5.74) is 10.7. The van der Waals surface area contributed by atoms with Crippen LogP contribution in [0.15, 0.2) is 66.9 Å². The molecule has 1 aliphatic heterocycles. The van der Waals surface area contributed by atoms with E-state index in [-0.39, 0.29) is 0 Å². The zero-order valence-electron chi connectivity index (χ0n) is 19.0. The molecule has 0 unspecified atom stereocenters. The average Bonchev–Trinajstić information content (AvgIpc) is 3.55. The van der Waals surface area contributed by atoms with Crippen molar-refractivity contribution in [2.75, 3.05) is 7.05 Å². The molecule has 6 bridgehead atoms. The molecule has 3 aromatic heterocycles. The SMILES string of the molecule is CN1Cc2cccc(c2)-c2cccc3[nH]c(nc23)-c2n[nH]c3ccc(cc23)-c2cnn(C)c2C1. The van der Waals surface area contributed by atoms with Gasteiger partial charge >= 0.3 is 0 Å². The van der Waals surface area contributed by atoms with Gasteiger partial charge in [-0.05, 0) is 48.0 Å². The lowest BCUT2D eigenvalue weighted by atomic mass is 10.0. The van der Waals surface area contributed by atoms with E-state index < -0.39 is 0 Å². The third-order valence-corrected chi connectivity index (χ3v) is 6.78. The van der Waals surface area contributed by atoms with Gasteiger partial charge in [0.15, 0.2) is 5.82 Å². The quantitative estimate of drug-likeness (QED) is 0.340. The molecule has 7 nitrogen and oxygen atoms in total. The van der Waals surface area contributed by atoms with Crippen molar-refractivity contribution in [1.82, 2.24) is 34.8 Å². The lowest BCUT2D eigenvalue weighted by molar-refractivity contribution is 0.310. The van der Waals surface area contributed by atoms with Crippen LogP contribution in [-0.2, 0) is 20.1 Å². The largest absolute Gasteiger partial charge is 0.337 e. The van der Waals surface area contributed by atoms with Gasteiger partial charge < -0.3 is 4.98 Å². The maximum atomic E-state index is 5.03. The molecule has 34 heavy (non-hydrogen) atoms. The number of aromatic nitrogens is 6. The minimum Gasteiger partial charge on any atom is -0.337 e. The maximum Gasteiger partial charge on any atom is 0.159 e. The Kier molecular flexibility index (Phi) is 4.04. The van der Waals surface area contributed by atoms with Crippen molar-refractivity contribution in [1.29, 1.82) is 0 Å². The predicted octanol–water partition coefficient (Wildman–Crippen LogP) is 5.12. The number of nitrogens with zero attached hydrogens (tertiary/aromatic N) is 5. The molecule has 3 aromatic carbocycles. The molecule has 0 aliphatic carbocycles. The van der Waals surface area contributed by atoms with Crippen molar-refractivity contribution in [3.8, 4) is 33.8 Å². The Morgan fingerprint density at radius 3 is 2.68 bits per heavy atom. The summed E-state index contributed by atoms with van der Waals surface area (Å²) in [5.74, 6) is 0.764. The van der Waals surface area contributed by atoms with E-state index in [1.807, 2.05) is 17.9 Å². The van der Waals surface area contributed by atoms with Gasteiger partial charge in [0.25, 0.3) is 0 Å². The first-order chi connectivity index (χ1) is 16.6. The molecule has 0 saturated heterocycles. The number of hydrogen-bond acceptors (Lipinski definition) is 4. The lowest BCUT2D eigenvalue weighted by Crippen LogP contribution is -2.19. The van der Waals surface area contributed by atoms with Crippen LogP contribution in [-0.4, -0.2) is 41.9 Å². The summed E-state index contributed by atoms with van der Waals surface area (Å²) >= 11 is 0. The summed E-state index contributed by atoms with van der Waals surface area (Å²) in [7, 11) is 4.17. The highest BCUT2D eigenvalue weighted by molar-refractivity contribution is 5.98. The van der Waals surface area contributed by atoms with E-state index >= 15 is 0 Å². The number of hydrogen-bond donors (Lipinski definition) is 2. The molecule has 0 saturated carbocycles. The Labute approximate surface area is 196 Å². The standard InChI is InChI=1S/C27H23N7/c1-33-14-16-5-3-6-17(11-16)19-7-4-8-23-25(19)30-27(29-23)26-20-12-18(9-10-22(20)31-32-26)21-13-28-34(2)24(21)15-33/h3-13H,14-15H2,1-2H3,(H,29,30)(H,31,32). The number of imidazole rings is 1. The monoisotopic (exact) mass is 445 g/mol. The van der Waals surface area contributed by atoms with E-state index in [1.165, 1.54) is 11.3 Å². The maximum absolute atomic E-state index is 5.03. The summed E-state index contributed by atoms with van der Waals surface area (Å²) in [5, 5.41) is 13.4. The summed E-state index contributed by atoms with van der Waals surface area (Å²) in [6, 6.07) is 21.5. The number of fused-ring (bicyclic) bond motifs is 8. The molecule has 6 aromatic rings. The number of benzene rings is 3. The Morgan fingerprint density at radius 2 is 1.74 bits per heavy atom. The minimum atomic E-state index is 0.764. The molecule has 0 amide bonds. The van der Waals surface area contributed by atoms with E-state index in [9.17, 15) is 0 Å². The van der Waals surface area contributed by atoms with Crippen molar-refractivity contribution < 1.29 is 0 Å². The van der Waals surface area contributed by atoms with E-state index in [4.69, 9.17) is 4.98 Å². The van der Waals surface area contributed by atoms with Crippen LogP contribution in [0.1, 0.15) is 11.3 Å². The fourth-order valence-corrected chi connectivity index (χ4v) is 5.09. The van der Waals surface area contributed by atoms with Crippen LogP contribution in [0.25, 0.3) is 55.7 Å². The smallest absolute Gasteiger partial charge is 0.159 e. The second-order valence-electron chi connectivity index (χ2n) is 9.12. The van der Waals surface area contributed by atoms with Gasteiger partial charge in [-0.15, -0.1) is 0 Å². The molecular weight excluding hydrogens is 422 g/mol. The van der Waals surface area contributed by atoms with E-state index in [0.717, 1.165) is 68.8 Å². The molecule has 0 fully saturated rings. The third kappa shape index (κ3) is 2.90. The Balaban J connectivity index is 1.53. The van der Waals surface area contributed by atoms with Gasteiger partial charge in [0, 0.05) is 36.7 Å². The van der Waals surface area contributed by atoms with E-state index in [2.05, 4.69) is 92.9 Å². The summed E-state index contributed by atoms with van der Waals surface area (Å²) < 4.78 is 1.98. The van der Waals surface area contributed by atoms with Gasteiger partial charge in [-0.1, -0.05) is 36.4 Å². The average molecular weight is 446 g/mol.